The first kappa shape index (κ1) is 18.4. The topological polar surface area (TPSA) is 54.6 Å². The molecule has 4 nitrogen and oxygen atoms in total. The van der Waals surface area contributed by atoms with Crippen molar-refractivity contribution < 1.29 is 9.21 Å². The number of hydrogen-bond acceptors (Lipinski definition) is 4. The van der Waals surface area contributed by atoms with Gasteiger partial charge < -0.3 is 4.42 Å². The summed E-state index contributed by atoms with van der Waals surface area (Å²) in [7, 11) is 0. The Morgan fingerprint density at radius 3 is 2.74 bits per heavy atom. The minimum absolute atomic E-state index is 0.211. The highest BCUT2D eigenvalue weighted by Crippen LogP contribution is 2.28. The molecule has 1 amide bonds. The zero-order chi connectivity index (χ0) is 16.8. The molecule has 23 heavy (non-hydrogen) atoms. The van der Waals surface area contributed by atoms with Gasteiger partial charge in [-0.05, 0) is 40.5 Å². The fourth-order valence-corrected chi connectivity index (χ4v) is 3.52. The molecule has 1 heterocycles. The van der Waals surface area contributed by atoms with E-state index in [1.165, 1.54) is 18.0 Å². The molecule has 0 bridgehead atoms. The molecule has 1 aromatic carbocycles. The Morgan fingerprint density at radius 2 is 2.13 bits per heavy atom. The largest absolute Gasteiger partial charge is 0.459 e. The SMILES string of the molecule is Cc1oc(/C=N\NC(=O)CSCc2c(Cl)cccc2Cl)cc1Br. The number of aryl methyl sites for hydroxylation is 1. The van der Waals surface area contributed by atoms with Crippen LogP contribution in [0.25, 0.3) is 0 Å². The molecule has 0 aliphatic carbocycles. The third-order valence-electron chi connectivity index (χ3n) is 2.80. The number of nitrogens with one attached hydrogen (secondary N) is 1. The van der Waals surface area contributed by atoms with Crippen molar-refractivity contribution >= 4 is 63.0 Å². The maximum atomic E-state index is 11.7. The van der Waals surface area contributed by atoms with Gasteiger partial charge in [0.15, 0.2) is 0 Å². The summed E-state index contributed by atoms with van der Waals surface area (Å²) < 4.78 is 6.24. The highest BCUT2D eigenvalue weighted by Gasteiger charge is 2.07. The molecule has 0 spiro atoms. The number of hydrogen-bond donors (Lipinski definition) is 1. The third kappa shape index (κ3) is 5.57. The lowest BCUT2D eigenvalue weighted by Crippen LogP contribution is -2.19. The van der Waals surface area contributed by atoms with Crippen molar-refractivity contribution in [3.8, 4) is 0 Å². The van der Waals surface area contributed by atoms with Gasteiger partial charge >= 0.3 is 0 Å². The molecular weight excluding hydrogens is 423 g/mol. The molecule has 2 rings (SSSR count). The van der Waals surface area contributed by atoms with Crippen molar-refractivity contribution in [1.29, 1.82) is 0 Å². The zero-order valence-electron chi connectivity index (χ0n) is 12.1. The summed E-state index contributed by atoms with van der Waals surface area (Å²) in [5.41, 5.74) is 3.27. The first-order valence-electron chi connectivity index (χ1n) is 6.56. The standard InChI is InChI=1S/C15H13BrCl2N2O2S/c1-9-12(16)5-10(22-9)6-19-20-15(21)8-23-7-11-13(17)3-2-4-14(11)18/h2-6H,7-8H2,1H3,(H,20,21)/b19-6-. The van der Waals surface area contributed by atoms with E-state index < -0.39 is 0 Å². The normalized spacial score (nSPS) is 11.1. The maximum absolute atomic E-state index is 11.7. The van der Waals surface area contributed by atoms with Crippen molar-refractivity contribution in [3.63, 3.8) is 0 Å². The van der Waals surface area contributed by atoms with Crippen molar-refractivity contribution in [2.75, 3.05) is 5.75 Å². The van der Waals surface area contributed by atoms with Crippen molar-refractivity contribution in [2.24, 2.45) is 5.10 Å². The molecule has 0 fully saturated rings. The van der Waals surface area contributed by atoms with Crippen LogP contribution in [0.4, 0.5) is 0 Å². The smallest absolute Gasteiger partial charge is 0.250 e. The quantitative estimate of drug-likeness (QED) is 0.510. The lowest BCUT2D eigenvalue weighted by atomic mass is 10.2. The van der Waals surface area contributed by atoms with Crippen molar-refractivity contribution in [1.82, 2.24) is 5.43 Å². The van der Waals surface area contributed by atoms with Gasteiger partial charge in [0.2, 0.25) is 5.91 Å². The predicted octanol–water partition coefficient (Wildman–Crippen LogP) is 5.04. The zero-order valence-corrected chi connectivity index (χ0v) is 16.0. The highest BCUT2D eigenvalue weighted by atomic mass is 79.9. The number of hydrazone groups is 1. The van der Waals surface area contributed by atoms with E-state index in [2.05, 4.69) is 26.5 Å². The second-order valence-corrected chi connectivity index (χ2v) is 7.19. The monoisotopic (exact) mass is 434 g/mol. The number of carbonyl (C=O) groups excluding carboxylic acids is 1. The highest BCUT2D eigenvalue weighted by molar-refractivity contribution is 9.10. The number of amides is 1. The van der Waals surface area contributed by atoms with Gasteiger partial charge in [-0.15, -0.1) is 11.8 Å². The average molecular weight is 436 g/mol. The molecule has 0 atom stereocenters. The van der Waals surface area contributed by atoms with Crippen LogP contribution in [0.3, 0.4) is 0 Å². The van der Waals surface area contributed by atoms with E-state index in [9.17, 15) is 4.79 Å². The summed E-state index contributed by atoms with van der Waals surface area (Å²) in [6.07, 6.45) is 1.45. The molecule has 0 aliphatic rings. The second-order valence-electron chi connectivity index (χ2n) is 4.54. The molecule has 0 saturated heterocycles. The van der Waals surface area contributed by atoms with E-state index in [0.717, 1.165) is 15.8 Å². The van der Waals surface area contributed by atoms with Gasteiger partial charge in [0.05, 0.1) is 16.4 Å². The molecule has 0 unspecified atom stereocenters. The van der Waals surface area contributed by atoms with Crippen LogP contribution in [0.1, 0.15) is 17.1 Å². The van der Waals surface area contributed by atoms with Crippen LogP contribution in [0.2, 0.25) is 10.0 Å². The summed E-state index contributed by atoms with van der Waals surface area (Å²) in [6.45, 7) is 1.83. The van der Waals surface area contributed by atoms with Crippen LogP contribution in [0, 0.1) is 6.92 Å². The van der Waals surface area contributed by atoms with Crippen LogP contribution in [-0.2, 0) is 10.5 Å². The van der Waals surface area contributed by atoms with Crippen molar-refractivity contribution in [3.05, 3.63) is 55.9 Å². The molecule has 1 aromatic heterocycles. The fourth-order valence-electron chi connectivity index (χ4n) is 1.66. The van der Waals surface area contributed by atoms with E-state index in [1.807, 2.05) is 6.92 Å². The lowest BCUT2D eigenvalue weighted by molar-refractivity contribution is -0.118. The summed E-state index contributed by atoms with van der Waals surface area (Å²) in [4.78, 5) is 11.7. The predicted molar refractivity (Wildman–Crippen MR) is 99.5 cm³/mol. The van der Waals surface area contributed by atoms with Crippen LogP contribution in [0.5, 0.6) is 0 Å². The van der Waals surface area contributed by atoms with Gasteiger partial charge in [0.1, 0.15) is 11.5 Å². The van der Waals surface area contributed by atoms with Crippen molar-refractivity contribution in [2.45, 2.75) is 12.7 Å². The lowest BCUT2D eigenvalue weighted by Gasteiger charge is -2.06. The average Bonchev–Trinajstić information content (AvgIpc) is 2.81. The minimum atomic E-state index is -0.211. The maximum Gasteiger partial charge on any atom is 0.250 e. The number of nitrogens with zero attached hydrogens (tertiary/aromatic N) is 1. The molecule has 0 saturated carbocycles. The van der Waals surface area contributed by atoms with Gasteiger partial charge in [0.25, 0.3) is 0 Å². The Kier molecular flexibility index (Phi) is 7.02. The van der Waals surface area contributed by atoms with Gasteiger partial charge in [0, 0.05) is 21.9 Å². The van der Waals surface area contributed by atoms with Gasteiger partial charge in [-0.3, -0.25) is 4.79 Å². The first-order valence-corrected chi connectivity index (χ1v) is 9.26. The Balaban J connectivity index is 1.77. The van der Waals surface area contributed by atoms with E-state index in [-0.39, 0.29) is 11.7 Å². The minimum Gasteiger partial charge on any atom is -0.459 e. The van der Waals surface area contributed by atoms with Gasteiger partial charge in [-0.25, -0.2) is 5.43 Å². The second kappa shape index (κ2) is 8.78. The number of rotatable bonds is 6. The summed E-state index contributed by atoms with van der Waals surface area (Å²) in [6, 6.07) is 7.11. The Hall–Kier alpha value is -0.950. The first-order chi connectivity index (χ1) is 11.0. The summed E-state index contributed by atoms with van der Waals surface area (Å²) in [5.74, 6) is 1.91. The number of thioether (sulfide) groups is 1. The fraction of sp³-hybridized carbons (Fsp3) is 0.200. The number of carbonyl (C=O) groups is 1. The molecule has 0 radical (unpaired) electrons. The number of halogens is 3. The molecule has 0 aliphatic heterocycles. The van der Waals surface area contributed by atoms with Gasteiger partial charge in [-0.2, -0.15) is 5.10 Å². The summed E-state index contributed by atoms with van der Waals surface area (Å²) >= 11 is 16.9. The van der Waals surface area contributed by atoms with Crippen LogP contribution in [0.15, 0.2) is 38.3 Å². The van der Waals surface area contributed by atoms with Gasteiger partial charge in [-0.1, -0.05) is 29.3 Å². The van der Waals surface area contributed by atoms with E-state index in [0.29, 0.717) is 21.6 Å². The Bertz CT molecular complexity index is 695. The van der Waals surface area contributed by atoms with E-state index in [4.69, 9.17) is 27.6 Å². The molecule has 2 aromatic rings. The molecular formula is C15H13BrCl2N2O2S. The molecule has 8 heteroatoms. The Morgan fingerprint density at radius 1 is 1.43 bits per heavy atom. The number of benzene rings is 1. The van der Waals surface area contributed by atoms with Crippen LogP contribution < -0.4 is 5.43 Å². The Labute approximate surface area is 156 Å². The third-order valence-corrected chi connectivity index (χ3v) is 5.25. The van der Waals surface area contributed by atoms with E-state index >= 15 is 0 Å². The number of furan rings is 1. The van der Waals surface area contributed by atoms with Crippen LogP contribution in [-0.4, -0.2) is 17.9 Å². The molecule has 1 N–H and O–H groups in total. The summed E-state index contributed by atoms with van der Waals surface area (Å²) in [5, 5.41) is 5.05. The van der Waals surface area contributed by atoms with E-state index in [1.54, 1.807) is 24.3 Å². The molecule has 122 valence electrons. The van der Waals surface area contributed by atoms with Crippen LogP contribution >= 0.6 is 50.9 Å².